The molecule has 0 unspecified atom stereocenters. The van der Waals surface area contributed by atoms with Crippen molar-refractivity contribution < 1.29 is 27.1 Å². The molecule has 2 aromatic rings. The summed E-state index contributed by atoms with van der Waals surface area (Å²) in [6.45, 7) is 3.31. The Morgan fingerprint density at radius 1 is 1.10 bits per heavy atom. The lowest BCUT2D eigenvalue weighted by molar-refractivity contribution is -0.125. The van der Waals surface area contributed by atoms with Gasteiger partial charge in [0.2, 0.25) is 10.0 Å². The topological polar surface area (TPSA) is 87.2 Å². The van der Waals surface area contributed by atoms with Crippen molar-refractivity contribution in [3.05, 3.63) is 53.8 Å². The first-order valence-electron chi connectivity index (χ1n) is 9.59. The lowest BCUT2D eigenvalue weighted by Crippen LogP contribution is -2.38. The van der Waals surface area contributed by atoms with Gasteiger partial charge in [-0.2, -0.15) is 0 Å². The Balaban J connectivity index is 2.00. The van der Waals surface area contributed by atoms with Crippen LogP contribution in [0.5, 0.6) is 5.75 Å². The van der Waals surface area contributed by atoms with E-state index in [4.69, 9.17) is 4.74 Å². The van der Waals surface area contributed by atoms with Crippen LogP contribution in [-0.2, 0) is 21.4 Å². The minimum Gasteiger partial charge on any atom is -0.487 e. The molecule has 3 rings (SSSR count). The van der Waals surface area contributed by atoms with Crippen LogP contribution in [0.15, 0.2) is 47.4 Å². The Morgan fingerprint density at radius 3 is 2.29 bits per heavy atom. The molecule has 1 saturated heterocycles. The maximum atomic E-state index is 13.2. The fourth-order valence-electron chi connectivity index (χ4n) is 3.16. The molecule has 0 aliphatic carbocycles. The molecular formula is C21H24FN3O5S. The zero-order valence-electron chi connectivity index (χ0n) is 17.7. The molecule has 0 atom stereocenters. The number of hydrogen-bond acceptors (Lipinski definition) is 5. The first-order chi connectivity index (χ1) is 14.5. The number of benzene rings is 2. The fraction of sp³-hybridized carbons (Fsp3) is 0.333. The van der Waals surface area contributed by atoms with Gasteiger partial charge in [0, 0.05) is 26.2 Å². The number of carbonyl (C=O) groups is 2. The summed E-state index contributed by atoms with van der Waals surface area (Å²) in [5.41, 5.74) is 0.933. The number of hydrogen-bond donors (Lipinski definition) is 0. The molecule has 0 spiro atoms. The Labute approximate surface area is 180 Å². The number of urea groups is 1. The number of carbonyl (C=O) groups excluding carboxylic acids is 2. The SMILES string of the molecule is CC(C)N1C(=O)CN(c2ccc(S(=O)(=O)N(C)C)cc2OCc2ccc(F)cc2)C1=O. The summed E-state index contributed by atoms with van der Waals surface area (Å²) in [6.07, 6.45) is 0. The van der Waals surface area contributed by atoms with Crippen molar-refractivity contribution in [1.29, 1.82) is 0 Å². The Morgan fingerprint density at radius 2 is 1.74 bits per heavy atom. The first-order valence-corrected chi connectivity index (χ1v) is 11.0. The number of imide groups is 1. The second-order valence-electron chi connectivity index (χ2n) is 7.56. The van der Waals surface area contributed by atoms with Crippen LogP contribution in [0, 0.1) is 5.82 Å². The molecule has 1 aliphatic heterocycles. The fourth-order valence-corrected chi connectivity index (χ4v) is 4.08. The van der Waals surface area contributed by atoms with Crippen molar-refractivity contribution in [1.82, 2.24) is 9.21 Å². The molecule has 1 heterocycles. The van der Waals surface area contributed by atoms with Gasteiger partial charge in [0.25, 0.3) is 5.91 Å². The van der Waals surface area contributed by atoms with Crippen molar-refractivity contribution in [3.8, 4) is 5.75 Å². The van der Waals surface area contributed by atoms with Gasteiger partial charge < -0.3 is 4.74 Å². The van der Waals surface area contributed by atoms with Gasteiger partial charge in [0.05, 0.1) is 10.6 Å². The lowest BCUT2D eigenvalue weighted by atomic mass is 10.2. The van der Waals surface area contributed by atoms with Crippen LogP contribution in [0.1, 0.15) is 19.4 Å². The molecule has 8 nitrogen and oxygen atoms in total. The molecule has 0 aromatic heterocycles. The van der Waals surface area contributed by atoms with Crippen molar-refractivity contribution >= 4 is 27.6 Å². The third kappa shape index (κ3) is 4.54. The molecule has 1 aliphatic rings. The van der Waals surface area contributed by atoms with E-state index in [-0.39, 0.29) is 41.4 Å². The highest BCUT2D eigenvalue weighted by Gasteiger charge is 2.39. The summed E-state index contributed by atoms with van der Waals surface area (Å²) in [5.74, 6) is -0.619. The smallest absolute Gasteiger partial charge is 0.332 e. The van der Waals surface area contributed by atoms with E-state index in [0.29, 0.717) is 5.56 Å². The summed E-state index contributed by atoms with van der Waals surface area (Å²) < 4.78 is 45.2. The molecular weight excluding hydrogens is 425 g/mol. The Kier molecular flexibility index (Phi) is 6.33. The van der Waals surface area contributed by atoms with Gasteiger partial charge in [-0.05, 0) is 43.7 Å². The second-order valence-corrected chi connectivity index (χ2v) is 9.71. The van der Waals surface area contributed by atoms with E-state index in [1.165, 1.54) is 49.3 Å². The van der Waals surface area contributed by atoms with Crippen LogP contribution in [0.2, 0.25) is 0 Å². The highest BCUT2D eigenvalue weighted by Crippen LogP contribution is 2.35. The molecule has 0 N–H and O–H groups in total. The first kappa shape index (κ1) is 22.7. The number of sulfonamides is 1. The number of halogens is 1. The predicted molar refractivity (Wildman–Crippen MR) is 113 cm³/mol. The van der Waals surface area contributed by atoms with Crippen molar-refractivity contribution in [3.63, 3.8) is 0 Å². The van der Waals surface area contributed by atoms with Crippen LogP contribution >= 0.6 is 0 Å². The molecule has 0 saturated carbocycles. The summed E-state index contributed by atoms with van der Waals surface area (Å²) in [4.78, 5) is 27.5. The Bertz CT molecular complexity index is 1100. The summed E-state index contributed by atoms with van der Waals surface area (Å²) >= 11 is 0. The summed E-state index contributed by atoms with van der Waals surface area (Å²) in [7, 11) is -0.937. The predicted octanol–water partition coefficient (Wildman–Crippen LogP) is 2.83. The van der Waals surface area contributed by atoms with Crippen LogP contribution < -0.4 is 9.64 Å². The summed E-state index contributed by atoms with van der Waals surface area (Å²) in [6, 6.07) is 8.98. The summed E-state index contributed by atoms with van der Waals surface area (Å²) in [5, 5.41) is 0. The van der Waals surface area contributed by atoms with Gasteiger partial charge in [-0.15, -0.1) is 0 Å². The van der Waals surface area contributed by atoms with Crippen LogP contribution in [0.3, 0.4) is 0 Å². The van der Waals surface area contributed by atoms with Gasteiger partial charge in [-0.25, -0.2) is 21.9 Å². The standard InChI is InChI=1S/C21H24FN3O5S/c1-14(2)25-20(26)12-24(21(25)27)18-10-9-17(31(28,29)23(3)4)11-19(18)30-13-15-5-7-16(22)8-6-15/h5-11,14H,12-13H2,1-4H3. The maximum absolute atomic E-state index is 13.2. The average Bonchev–Trinajstić information content (AvgIpc) is 3.01. The molecule has 0 radical (unpaired) electrons. The molecule has 3 amide bonds. The van der Waals surface area contributed by atoms with E-state index in [1.54, 1.807) is 26.0 Å². The molecule has 2 aromatic carbocycles. The van der Waals surface area contributed by atoms with E-state index in [2.05, 4.69) is 0 Å². The molecule has 166 valence electrons. The van der Waals surface area contributed by atoms with Gasteiger partial charge in [-0.1, -0.05) is 12.1 Å². The maximum Gasteiger partial charge on any atom is 0.332 e. The lowest BCUT2D eigenvalue weighted by Gasteiger charge is -2.22. The van der Waals surface area contributed by atoms with Gasteiger partial charge in [-0.3, -0.25) is 14.6 Å². The van der Waals surface area contributed by atoms with E-state index in [0.717, 1.165) is 9.21 Å². The highest BCUT2D eigenvalue weighted by atomic mass is 32.2. The van der Waals surface area contributed by atoms with Gasteiger partial charge >= 0.3 is 6.03 Å². The molecule has 10 heteroatoms. The number of ether oxygens (including phenoxy) is 1. The normalized spacial score (nSPS) is 14.8. The van der Waals surface area contributed by atoms with Gasteiger partial charge in [0.15, 0.2) is 0 Å². The van der Waals surface area contributed by atoms with Crippen molar-refractivity contribution in [2.75, 3.05) is 25.5 Å². The van der Waals surface area contributed by atoms with Gasteiger partial charge in [0.1, 0.15) is 24.7 Å². The van der Waals surface area contributed by atoms with E-state index < -0.39 is 21.9 Å². The quantitative estimate of drug-likeness (QED) is 0.607. The van der Waals surface area contributed by atoms with Crippen molar-refractivity contribution in [2.24, 2.45) is 0 Å². The van der Waals surface area contributed by atoms with Crippen LogP contribution in [0.4, 0.5) is 14.9 Å². The monoisotopic (exact) mass is 449 g/mol. The minimum absolute atomic E-state index is 0.0165. The average molecular weight is 450 g/mol. The molecule has 0 bridgehead atoms. The van der Waals surface area contributed by atoms with E-state index in [1.807, 2.05) is 0 Å². The number of rotatable bonds is 7. The zero-order chi connectivity index (χ0) is 22.9. The number of anilines is 1. The molecule has 1 fully saturated rings. The number of amides is 3. The second kappa shape index (κ2) is 8.64. The third-order valence-corrected chi connectivity index (χ3v) is 6.63. The van der Waals surface area contributed by atoms with Crippen LogP contribution in [0.25, 0.3) is 0 Å². The largest absolute Gasteiger partial charge is 0.487 e. The van der Waals surface area contributed by atoms with E-state index in [9.17, 15) is 22.4 Å². The van der Waals surface area contributed by atoms with E-state index >= 15 is 0 Å². The third-order valence-electron chi connectivity index (χ3n) is 4.82. The zero-order valence-corrected chi connectivity index (χ0v) is 18.5. The Hall–Kier alpha value is -2.98. The highest BCUT2D eigenvalue weighted by molar-refractivity contribution is 7.89. The van der Waals surface area contributed by atoms with Crippen molar-refractivity contribution in [2.45, 2.75) is 31.4 Å². The number of nitrogens with zero attached hydrogens (tertiary/aromatic N) is 3. The minimum atomic E-state index is -3.75. The molecule has 31 heavy (non-hydrogen) atoms. The van der Waals surface area contributed by atoms with Crippen LogP contribution in [-0.4, -0.2) is 56.2 Å².